The van der Waals surface area contributed by atoms with E-state index in [1.807, 2.05) is 103 Å². The van der Waals surface area contributed by atoms with Gasteiger partial charge < -0.3 is 42.5 Å². The second-order valence-electron chi connectivity index (χ2n) is 21.5. The number of anilines is 1. The van der Waals surface area contributed by atoms with Gasteiger partial charge in [-0.05, 0) is 116 Å². The van der Waals surface area contributed by atoms with Crippen LogP contribution < -0.4 is 25.2 Å². The van der Waals surface area contributed by atoms with Gasteiger partial charge in [-0.15, -0.1) is 0 Å². The summed E-state index contributed by atoms with van der Waals surface area (Å²) in [5.74, 6) is 1.45. The highest BCUT2D eigenvalue weighted by molar-refractivity contribution is 7.44. The van der Waals surface area contributed by atoms with Gasteiger partial charge in [0.05, 0.1) is 39.9 Å². The van der Waals surface area contributed by atoms with Crippen LogP contribution in [0.25, 0.3) is 0 Å². The molecule has 1 aromatic heterocycles. The second-order valence-corrected chi connectivity index (χ2v) is 27.6. The first-order chi connectivity index (χ1) is 35.0. The predicted octanol–water partition coefficient (Wildman–Crippen LogP) is 11.5. The molecule has 1 aliphatic heterocycles. The predicted molar refractivity (Wildman–Crippen MR) is 292 cm³/mol. The molecule has 1 N–H and O–H groups in total. The van der Waals surface area contributed by atoms with E-state index in [0.29, 0.717) is 17.2 Å². The van der Waals surface area contributed by atoms with Crippen molar-refractivity contribution < 1.29 is 42.0 Å². The van der Waals surface area contributed by atoms with Crippen molar-refractivity contribution in [1.29, 1.82) is 5.26 Å². The Morgan fingerprint density at radius 1 is 0.797 bits per heavy atom. The molecule has 5 unspecified atom stereocenters. The lowest BCUT2D eigenvalue weighted by atomic mass is 9.80. The van der Waals surface area contributed by atoms with Crippen molar-refractivity contribution >= 4 is 28.6 Å². The number of nitrogens with one attached hydrogen (secondary N) is 1. The quantitative estimate of drug-likeness (QED) is 0.0285. The number of ether oxygens (including phenoxy) is 5. The van der Waals surface area contributed by atoms with Crippen molar-refractivity contribution in [3.05, 3.63) is 148 Å². The molecule has 1 amide bonds. The van der Waals surface area contributed by atoms with E-state index >= 15 is 0 Å². The Bertz CT molecular complexity index is 2630. The van der Waals surface area contributed by atoms with Crippen molar-refractivity contribution in [3.63, 3.8) is 0 Å². The van der Waals surface area contributed by atoms with E-state index in [9.17, 15) is 14.9 Å². The van der Waals surface area contributed by atoms with Gasteiger partial charge in [-0.25, -0.2) is 9.46 Å². The summed E-state index contributed by atoms with van der Waals surface area (Å²) in [4.78, 5) is 32.0. The highest BCUT2D eigenvalue weighted by atomic mass is 31.2. The summed E-state index contributed by atoms with van der Waals surface area (Å²) in [6, 6.07) is 36.8. The SMILES string of the molecule is COc1ccc(C(OCC2OC(n3ccc(NC(=O)COc4ccc(C(C)(C)C)cc4)nc3=O)C(O[Si](C)(C)C(C)(C)C)C2OP(OCCC#N)N(C(C)C)C(C)C)(c2ccccc2)c2ccc(OC)cc2)cc1. The summed E-state index contributed by atoms with van der Waals surface area (Å²) >= 11 is 0. The number of rotatable bonds is 23. The molecule has 0 spiro atoms. The molecule has 1 saturated heterocycles. The highest BCUT2D eigenvalue weighted by Crippen LogP contribution is 2.52. The molecule has 5 atom stereocenters. The number of aromatic nitrogens is 2. The number of hydrogen-bond acceptors (Lipinski definition) is 13. The maximum atomic E-state index is 14.5. The Morgan fingerprint density at radius 3 is 1.84 bits per heavy atom. The molecule has 15 nitrogen and oxygen atoms in total. The van der Waals surface area contributed by atoms with E-state index < -0.39 is 58.6 Å². The van der Waals surface area contributed by atoms with Gasteiger partial charge in [-0.3, -0.25) is 9.36 Å². The fraction of sp³-hybridized carbons (Fsp3) is 0.474. The Kier molecular flexibility index (Phi) is 19.5. The average molecular weight is 1050 g/mol. The first kappa shape index (κ1) is 57.8. The normalized spacial score (nSPS) is 17.8. The lowest BCUT2D eigenvalue weighted by Crippen LogP contribution is -2.50. The molecule has 0 bridgehead atoms. The third-order valence-corrected chi connectivity index (χ3v) is 20.1. The van der Waals surface area contributed by atoms with Crippen LogP contribution in [-0.4, -0.2) is 92.9 Å². The topological polar surface area (TPSA) is 165 Å². The monoisotopic (exact) mass is 1050 g/mol. The van der Waals surface area contributed by atoms with Crippen LogP contribution >= 0.6 is 8.53 Å². The van der Waals surface area contributed by atoms with E-state index in [0.717, 1.165) is 22.3 Å². The Morgan fingerprint density at radius 2 is 1.34 bits per heavy atom. The molecular formula is C57H76N5O10PSi. The summed E-state index contributed by atoms with van der Waals surface area (Å²) < 4.78 is 56.5. The van der Waals surface area contributed by atoms with Crippen molar-refractivity contribution in [2.24, 2.45) is 0 Å². The first-order valence-corrected chi connectivity index (χ1v) is 29.3. The van der Waals surface area contributed by atoms with E-state index in [2.05, 4.69) is 103 Å². The van der Waals surface area contributed by atoms with Gasteiger partial charge in [0.2, 0.25) is 0 Å². The van der Waals surface area contributed by atoms with Gasteiger partial charge in [0.15, 0.2) is 21.2 Å². The van der Waals surface area contributed by atoms with E-state index in [1.165, 1.54) is 4.57 Å². The molecule has 0 radical (unpaired) electrons. The van der Waals surface area contributed by atoms with Crippen LogP contribution in [0.2, 0.25) is 18.1 Å². The van der Waals surface area contributed by atoms with Crippen LogP contribution in [-0.2, 0) is 38.8 Å². The third-order valence-electron chi connectivity index (χ3n) is 13.5. The van der Waals surface area contributed by atoms with Gasteiger partial charge in [-0.2, -0.15) is 10.2 Å². The molecule has 1 fully saturated rings. The van der Waals surface area contributed by atoms with Gasteiger partial charge in [0, 0.05) is 18.3 Å². The lowest BCUT2D eigenvalue weighted by Gasteiger charge is -2.42. The minimum Gasteiger partial charge on any atom is -0.497 e. The highest BCUT2D eigenvalue weighted by Gasteiger charge is 2.54. The van der Waals surface area contributed by atoms with Gasteiger partial charge in [0.1, 0.15) is 47.0 Å². The molecule has 5 aromatic rings. The summed E-state index contributed by atoms with van der Waals surface area (Å²) in [7, 11) is -1.35. The fourth-order valence-electron chi connectivity index (χ4n) is 8.57. The number of amides is 1. The molecule has 0 saturated carbocycles. The molecule has 6 rings (SSSR count). The summed E-state index contributed by atoms with van der Waals surface area (Å²) in [5, 5.41) is 12.1. The van der Waals surface area contributed by atoms with Crippen LogP contribution in [0.5, 0.6) is 17.2 Å². The standard InChI is InChI=1S/C57H76N5O10PSi/c1-39(2)62(40(3)4)73(69-36-18-34-58)71-51-48(37-68-57(42-19-16-15-17-20-42,43-23-27-45(65-11)28-24-43)44-25-29-46(66-12)30-26-44)70-53(52(51)72-74(13,14)56(8,9)10)61-35-33-49(60-54(61)64)59-50(63)38-67-47-31-21-41(22-32-47)55(5,6)7/h15-17,19-33,35,39-40,48,51-53H,18,36-38H2,1-14H3,(H,59,60,63,64). The maximum Gasteiger partial charge on any atom is 0.351 e. The summed E-state index contributed by atoms with van der Waals surface area (Å²) in [6.45, 7) is 25.1. The van der Waals surface area contributed by atoms with Crippen LogP contribution in [0.15, 0.2) is 120 Å². The van der Waals surface area contributed by atoms with E-state index in [1.54, 1.807) is 26.5 Å². The van der Waals surface area contributed by atoms with Crippen molar-refractivity contribution in [3.8, 4) is 23.3 Å². The number of carbonyl (C=O) groups is 1. The Hall–Kier alpha value is -5.47. The fourth-order valence-corrected chi connectivity index (χ4v) is 11.6. The third kappa shape index (κ3) is 13.9. The number of carbonyl (C=O) groups excluding carboxylic acids is 1. The van der Waals surface area contributed by atoms with Crippen LogP contribution in [0, 0.1) is 11.3 Å². The zero-order valence-electron chi connectivity index (χ0n) is 45.6. The van der Waals surface area contributed by atoms with Gasteiger partial charge in [-0.1, -0.05) is 108 Å². The van der Waals surface area contributed by atoms with Gasteiger partial charge in [0.25, 0.3) is 14.4 Å². The molecule has 74 heavy (non-hydrogen) atoms. The van der Waals surface area contributed by atoms with E-state index in [-0.39, 0.29) is 54.6 Å². The molecule has 2 heterocycles. The number of nitriles is 1. The molecular weight excluding hydrogens is 974 g/mol. The number of nitrogens with zero attached hydrogens (tertiary/aromatic N) is 4. The smallest absolute Gasteiger partial charge is 0.351 e. The number of benzene rings is 4. The first-order valence-electron chi connectivity index (χ1n) is 25.2. The maximum absolute atomic E-state index is 14.5. The van der Waals surface area contributed by atoms with Crippen LogP contribution in [0.3, 0.4) is 0 Å². The number of hydrogen-bond donors (Lipinski definition) is 1. The molecule has 398 valence electrons. The number of methoxy groups -OCH3 is 2. The van der Waals surface area contributed by atoms with Gasteiger partial charge >= 0.3 is 5.69 Å². The molecule has 4 aromatic carbocycles. The zero-order chi connectivity index (χ0) is 54.0. The minimum atomic E-state index is -2.73. The van der Waals surface area contributed by atoms with Crippen LogP contribution in [0.1, 0.15) is 104 Å². The molecule has 1 aliphatic rings. The van der Waals surface area contributed by atoms with E-state index in [4.69, 9.17) is 37.2 Å². The Labute approximate surface area is 440 Å². The zero-order valence-corrected chi connectivity index (χ0v) is 47.5. The Balaban J connectivity index is 1.46. The minimum absolute atomic E-state index is 0.0272. The van der Waals surface area contributed by atoms with Crippen molar-refractivity contribution in [2.75, 3.05) is 39.4 Å². The second kappa shape index (κ2) is 24.9. The largest absolute Gasteiger partial charge is 0.497 e. The van der Waals surface area contributed by atoms with Crippen LogP contribution in [0.4, 0.5) is 5.82 Å². The molecule has 0 aliphatic carbocycles. The van der Waals surface area contributed by atoms with Crippen molar-refractivity contribution in [1.82, 2.24) is 14.2 Å². The summed E-state index contributed by atoms with van der Waals surface area (Å²) in [6.07, 6.45) is -2.13. The average Bonchev–Trinajstić information content (AvgIpc) is 3.68. The molecule has 17 heteroatoms. The summed E-state index contributed by atoms with van der Waals surface area (Å²) in [5.41, 5.74) is 1.63. The lowest BCUT2D eigenvalue weighted by molar-refractivity contribution is -0.118. The van der Waals surface area contributed by atoms with Crippen molar-refractivity contribution in [2.45, 2.75) is 141 Å².